The fourth-order valence-electron chi connectivity index (χ4n) is 3.51. The maximum atomic E-state index is 12.8. The topological polar surface area (TPSA) is 91.4 Å². The van der Waals surface area contributed by atoms with Gasteiger partial charge in [0.25, 0.3) is 0 Å². The molecule has 0 unspecified atom stereocenters. The minimum absolute atomic E-state index is 0.0612. The molecule has 3 fully saturated rings. The fraction of sp³-hybridized carbons (Fsp3) is 0.750. The zero-order valence-electron chi connectivity index (χ0n) is 13.9. The summed E-state index contributed by atoms with van der Waals surface area (Å²) in [4.78, 5) is 33.0. The highest BCUT2D eigenvalue weighted by Gasteiger charge is 2.43. The van der Waals surface area contributed by atoms with E-state index in [1.54, 1.807) is 0 Å². The number of carbonyl (C=O) groups excluding carboxylic acids is 2. The Morgan fingerprint density at radius 2 is 2.21 bits per heavy atom. The molecule has 8 heteroatoms. The standard InChI is InChI=1S/C16H23N5O3/c1-2-13-17-15(19-18-13)12-9-20(5-6-24-12)16(23)10-7-14(22)21(8-10)11-3-4-11/h10-12H,2-9H2,1H3,(H,17,18,19)/t10-,12-/m1/s1. The Kier molecular flexibility index (Phi) is 3.99. The number of morpholine rings is 1. The molecule has 1 aromatic rings. The van der Waals surface area contributed by atoms with Gasteiger partial charge in [0.1, 0.15) is 11.9 Å². The van der Waals surface area contributed by atoms with Crippen LogP contribution in [0.3, 0.4) is 0 Å². The number of nitrogens with one attached hydrogen (secondary N) is 1. The van der Waals surface area contributed by atoms with Crippen LogP contribution in [-0.4, -0.2) is 69.1 Å². The van der Waals surface area contributed by atoms with Gasteiger partial charge in [0.05, 0.1) is 19.1 Å². The van der Waals surface area contributed by atoms with Gasteiger partial charge in [-0.2, -0.15) is 5.10 Å². The number of rotatable bonds is 4. The van der Waals surface area contributed by atoms with E-state index < -0.39 is 0 Å². The van der Waals surface area contributed by atoms with E-state index in [-0.39, 0.29) is 23.8 Å². The second kappa shape index (κ2) is 6.16. The first-order valence-corrected chi connectivity index (χ1v) is 8.76. The lowest BCUT2D eigenvalue weighted by Crippen LogP contribution is -2.45. The van der Waals surface area contributed by atoms with Crippen molar-refractivity contribution in [3.63, 3.8) is 0 Å². The molecule has 1 saturated carbocycles. The largest absolute Gasteiger partial charge is 0.366 e. The Hall–Kier alpha value is -1.96. The lowest BCUT2D eigenvalue weighted by Gasteiger charge is -2.33. The average Bonchev–Trinajstić information content (AvgIpc) is 3.19. The number of likely N-dealkylation sites (tertiary alicyclic amines) is 1. The van der Waals surface area contributed by atoms with Gasteiger partial charge in [-0.15, -0.1) is 0 Å². The molecule has 0 bridgehead atoms. The summed E-state index contributed by atoms with van der Waals surface area (Å²) < 4.78 is 5.74. The molecule has 3 aliphatic rings. The highest BCUT2D eigenvalue weighted by Crippen LogP contribution is 2.33. The number of hydrogen-bond acceptors (Lipinski definition) is 5. The first kappa shape index (κ1) is 15.6. The summed E-state index contributed by atoms with van der Waals surface area (Å²) in [5, 5.41) is 7.08. The SMILES string of the molecule is CCc1nc([C@H]2CN(C(=O)[C@@H]3CC(=O)N(C4CC4)C3)CCO2)n[nH]1. The van der Waals surface area contributed by atoms with Crippen molar-refractivity contribution in [3.8, 4) is 0 Å². The zero-order chi connectivity index (χ0) is 16.7. The Morgan fingerprint density at radius 1 is 1.38 bits per heavy atom. The van der Waals surface area contributed by atoms with Crippen molar-refractivity contribution in [3.05, 3.63) is 11.6 Å². The molecule has 3 heterocycles. The van der Waals surface area contributed by atoms with Crippen LogP contribution in [0.15, 0.2) is 0 Å². The third-order valence-electron chi connectivity index (χ3n) is 5.05. The molecule has 8 nitrogen and oxygen atoms in total. The molecule has 2 aliphatic heterocycles. The Bertz CT molecular complexity index is 641. The smallest absolute Gasteiger partial charge is 0.228 e. The van der Waals surface area contributed by atoms with Crippen LogP contribution in [0, 0.1) is 5.92 Å². The minimum atomic E-state index is -0.295. The normalized spacial score (nSPS) is 27.8. The van der Waals surface area contributed by atoms with Crippen LogP contribution in [0.25, 0.3) is 0 Å². The number of aromatic nitrogens is 3. The third-order valence-corrected chi connectivity index (χ3v) is 5.05. The Morgan fingerprint density at radius 3 is 2.92 bits per heavy atom. The first-order chi connectivity index (χ1) is 11.7. The molecule has 2 saturated heterocycles. The summed E-state index contributed by atoms with van der Waals surface area (Å²) in [6, 6.07) is 0.383. The molecular formula is C16H23N5O3. The fourth-order valence-corrected chi connectivity index (χ4v) is 3.51. The Labute approximate surface area is 140 Å². The highest BCUT2D eigenvalue weighted by molar-refractivity contribution is 5.89. The molecule has 130 valence electrons. The van der Waals surface area contributed by atoms with Crippen molar-refractivity contribution in [2.45, 2.75) is 44.8 Å². The van der Waals surface area contributed by atoms with E-state index in [1.807, 2.05) is 16.7 Å². The molecular weight excluding hydrogens is 310 g/mol. The van der Waals surface area contributed by atoms with E-state index in [9.17, 15) is 9.59 Å². The summed E-state index contributed by atoms with van der Waals surface area (Å²) >= 11 is 0. The van der Waals surface area contributed by atoms with Gasteiger partial charge >= 0.3 is 0 Å². The van der Waals surface area contributed by atoms with Gasteiger partial charge in [0.15, 0.2) is 5.82 Å². The second-order valence-corrected chi connectivity index (χ2v) is 6.82. The van der Waals surface area contributed by atoms with Crippen LogP contribution in [0.5, 0.6) is 0 Å². The number of carbonyl (C=O) groups is 2. The van der Waals surface area contributed by atoms with Crippen LogP contribution in [-0.2, 0) is 20.7 Å². The summed E-state index contributed by atoms with van der Waals surface area (Å²) in [7, 11) is 0. The molecule has 1 aliphatic carbocycles. The average molecular weight is 333 g/mol. The molecule has 24 heavy (non-hydrogen) atoms. The van der Waals surface area contributed by atoms with E-state index >= 15 is 0 Å². The van der Waals surface area contributed by atoms with Gasteiger partial charge in [-0.1, -0.05) is 6.92 Å². The monoisotopic (exact) mass is 333 g/mol. The van der Waals surface area contributed by atoms with E-state index in [0.717, 1.165) is 25.1 Å². The second-order valence-electron chi connectivity index (χ2n) is 6.82. The summed E-state index contributed by atoms with van der Waals surface area (Å²) in [6.45, 7) is 4.07. The number of H-pyrrole nitrogens is 1. The van der Waals surface area contributed by atoms with Crippen molar-refractivity contribution < 1.29 is 14.3 Å². The first-order valence-electron chi connectivity index (χ1n) is 8.76. The molecule has 2 amide bonds. The number of nitrogens with zero attached hydrogens (tertiary/aromatic N) is 4. The van der Waals surface area contributed by atoms with Gasteiger partial charge in [0, 0.05) is 32.0 Å². The molecule has 1 aromatic heterocycles. The summed E-state index contributed by atoms with van der Waals surface area (Å²) in [5.74, 6) is 1.40. The summed E-state index contributed by atoms with van der Waals surface area (Å²) in [5.41, 5.74) is 0. The van der Waals surface area contributed by atoms with Gasteiger partial charge in [-0.25, -0.2) is 4.98 Å². The van der Waals surface area contributed by atoms with Gasteiger partial charge in [0.2, 0.25) is 11.8 Å². The number of hydrogen-bond donors (Lipinski definition) is 1. The molecule has 1 N–H and O–H groups in total. The lowest BCUT2D eigenvalue weighted by atomic mass is 10.1. The predicted molar refractivity (Wildman–Crippen MR) is 83.9 cm³/mol. The van der Waals surface area contributed by atoms with Gasteiger partial charge in [-0.05, 0) is 12.8 Å². The van der Waals surface area contributed by atoms with Crippen LogP contribution in [0.2, 0.25) is 0 Å². The van der Waals surface area contributed by atoms with Crippen molar-refractivity contribution in [2.75, 3.05) is 26.2 Å². The number of amides is 2. The van der Waals surface area contributed by atoms with E-state index in [1.165, 1.54) is 0 Å². The minimum Gasteiger partial charge on any atom is -0.366 e. The van der Waals surface area contributed by atoms with Crippen molar-refractivity contribution in [1.29, 1.82) is 0 Å². The van der Waals surface area contributed by atoms with Crippen LogP contribution in [0.4, 0.5) is 0 Å². The van der Waals surface area contributed by atoms with Crippen LogP contribution >= 0.6 is 0 Å². The van der Waals surface area contributed by atoms with E-state index in [2.05, 4.69) is 15.2 Å². The molecule has 0 spiro atoms. The van der Waals surface area contributed by atoms with Crippen LogP contribution in [0.1, 0.15) is 43.9 Å². The van der Waals surface area contributed by atoms with Crippen molar-refractivity contribution in [2.24, 2.45) is 5.92 Å². The number of aryl methyl sites for hydroxylation is 1. The molecule has 4 rings (SSSR count). The Balaban J connectivity index is 1.40. The van der Waals surface area contributed by atoms with Gasteiger partial charge < -0.3 is 14.5 Å². The number of ether oxygens (including phenoxy) is 1. The maximum Gasteiger partial charge on any atom is 0.228 e. The van der Waals surface area contributed by atoms with Crippen LogP contribution < -0.4 is 0 Å². The molecule has 2 atom stereocenters. The maximum absolute atomic E-state index is 12.8. The summed E-state index contributed by atoms with van der Waals surface area (Å²) in [6.07, 6.45) is 2.99. The molecule has 0 aromatic carbocycles. The zero-order valence-corrected chi connectivity index (χ0v) is 13.9. The van der Waals surface area contributed by atoms with Crippen molar-refractivity contribution in [1.82, 2.24) is 25.0 Å². The quantitative estimate of drug-likeness (QED) is 0.854. The lowest BCUT2D eigenvalue weighted by molar-refractivity contribution is -0.143. The highest BCUT2D eigenvalue weighted by atomic mass is 16.5. The predicted octanol–water partition coefficient (Wildman–Crippen LogP) is 0.278. The number of aromatic amines is 1. The van der Waals surface area contributed by atoms with E-state index in [4.69, 9.17) is 4.74 Å². The third kappa shape index (κ3) is 2.90. The van der Waals surface area contributed by atoms with E-state index in [0.29, 0.717) is 44.5 Å². The van der Waals surface area contributed by atoms with Gasteiger partial charge in [-0.3, -0.25) is 14.7 Å². The molecule has 0 radical (unpaired) electrons. The van der Waals surface area contributed by atoms with Crippen molar-refractivity contribution >= 4 is 11.8 Å².